The summed E-state index contributed by atoms with van der Waals surface area (Å²) in [6, 6.07) is 3.28. The maximum atomic E-state index is 13.4. The third-order valence-corrected chi connectivity index (χ3v) is 4.17. The zero-order chi connectivity index (χ0) is 11.5. The van der Waals surface area contributed by atoms with Crippen molar-refractivity contribution in [2.75, 3.05) is 12.3 Å². The molecule has 0 spiro atoms. The zero-order valence-electron chi connectivity index (χ0n) is 9.22. The second-order valence-electron chi connectivity index (χ2n) is 3.91. The Balaban J connectivity index is 2.43. The van der Waals surface area contributed by atoms with Gasteiger partial charge in [0, 0.05) is 16.8 Å². The molecule has 1 unspecified atom stereocenters. The number of nitrogens with one attached hydrogen (secondary N) is 1. The molecule has 0 saturated carbocycles. The lowest BCUT2D eigenvalue weighted by Gasteiger charge is -2.18. The van der Waals surface area contributed by atoms with Crippen molar-refractivity contribution in [3.05, 3.63) is 34.1 Å². The van der Waals surface area contributed by atoms with E-state index in [1.165, 1.54) is 6.07 Å². The van der Waals surface area contributed by atoms with Crippen LogP contribution in [0.1, 0.15) is 30.5 Å². The molecule has 1 aromatic carbocycles. The number of benzene rings is 1. The summed E-state index contributed by atoms with van der Waals surface area (Å²) in [6.45, 7) is 2.96. The van der Waals surface area contributed by atoms with Crippen LogP contribution < -0.4 is 5.32 Å². The van der Waals surface area contributed by atoms with Crippen LogP contribution in [0.15, 0.2) is 12.1 Å². The Morgan fingerprint density at radius 2 is 2.38 bits per heavy atom. The van der Waals surface area contributed by atoms with E-state index >= 15 is 0 Å². The fourth-order valence-electron chi connectivity index (χ4n) is 2.08. The Morgan fingerprint density at radius 1 is 1.56 bits per heavy atom. The number of halogens is 2. The zero-order valence-corrected chi connectivity index (χ0v) is 10.8. The molecule has 1 aliphatic rings. The topological polar surface area (TPSA) is 12.0 Å². The molecule has 88 valence electrons. The maximum Gasteiger partial charge on any atom is 0.125 e. The van der Waals surface area contributed by atoms with Gasteiger partial charge < -0.3 is 5.32 Å². The van der Waals surface area contributed by atoms with Crippen LogP contribution in [0.2, 0.25) is 5.02 Å². The minimum Gasteiger partial charge on any atom is -0.310 e. The molecule has 1 N–H and O–H groups in total. The highest BCUT2D eigenvalue weighted by Gasteiger charge is 2.20. The van der Waals surface area contributed by atoms with E-state index in [2.05, 4.69) is 12.2 Å². The molecule has 0 fully saturated rings. The van der Waals surface area contributed by atoms with E-state index in [1.807, 2.05) is 11.8 Å². The number of rotatable bonds is 2. The van der Waals surface area contributed by atoms with E-state index in [0.29, 0.717) is 5.02 Å². The molecule has 0 saturated heterocycles. The molecular weight excluding hydrogens is 245 g/mol. The predicted molar refractivity (Wildman–Crippen MR) is 68.6 cm³/mol. The predicted octanol–water partition coefficient (Wildman–Crippen LogP) is 3.77. The van der Waals surface area contributed by atoms with E-state index in [4.69, 9.17) is 11.6 Å². The lowest BCUT2D eigenvalue weighted by Crippen LogP contribution is -2.21. The van der Waals surface area contributed by atoms with Gasteiger partial charge in [-0.25, -0.2) is 4.39 Å². The van der Waals surface area contributed by atoms with Crippen molar-refractivity contribution in [2.45, 2.75) is 25.1 Å². The number of fused-ring (bicyclic) bond motifs is 1. The molecule has 1 heterocycles. The first-order valence-electron chi connectivity index (χ1n) is 5.51. The van der Waals surface area contributed by atoms with Gasteiger partial charge in [-0.2, -0.15) is 11.8 Å². The molecule has 1 nitrogen and oxygen atoms in total. The summed E-state index contributed by atoms with van der Waals surface area (Å²) in [4.78, 5) is 0. The van der Waals surface area contributed by atoms with Crippen LogP contribution in [0.25, 0.3) is 0 Å². The molecule has 2 rings (SSSR count). The monoisotopic (exact) mass is 259 g/mol. The van der Waals surface area contributed by atoms with E-state index in [0.717, 1.165) is 35.6 Å². The molecule has 0 amide bonds. The number of hydrogen-bond acceptors (Lipinski definition) is 2. The summed E-state index contributed by atoms with van der Waals surface area (Å²) >= 11 is 7.97. The Morgan fingerprint density at radius 3 is 3.12 bits per heavy atom. The van der Waals surface area contributed by atoms with Crippen molar-refractivity contribution in [2.24, 2.45) is 0 Å². The van der Waals surface area contributed by atoms with Crippen LogP contribution in [-0.4, -0.2) is 12.3 Å². The fraction of sp³-hybridized carbons (Fsp3) is 0.500. The van der Waals surface area contributed by atoms with Crippen LogP contribution >= 0.6 is 23.4 Å². The highest BCUT2D eigenvalue weighted by Crippen LogP contribution is 2.35. The van der Waals surface area contributed by atoms with Crippen LogP contribution in [0.5, 0.6) is 0 Å². The van der Waals surface area contributed by atoms with Crippen molar-refractivity contribution in [1.82, 2.24) is 5.32 Å². The summed E-state index contributed by atoms with van der Waals surface area (Å²) in [5, 5.41) is 3.96. The highest BCUT2D eigenvalue weighted by molar-refractivity contribution is 7.98. The van der Waals surface area contributed by atoms with Crippen LogP contribution in [0, 0.1) is 5.82 Å². The van der Waals surface area contributed by atoms with Crippen molar-refractivity contribution >= 4 is 23.4 Å². The van der Waals surface area contributed by atoms with Crippen molar-refractivity contribution < 1.29 is 4.39 Å². The van der Waals surface area contributed by atoms with Crippen molar-refractivity contribution in [3.8, 4) is 0 Å². The quantitative estimate of drug-likeness (QED) is 0.868. The smallest absolute Gasteiger partial charge is 0.125 e. The Hall–Kier alpha value is -0.250. The number of hydrogen-bond donors (Lipinski definition) is 1. The standard InChI is InChI=1S/C12H15ClFNS/c1-2-15-12-3-4-16-7-10-9(12)5-8(14)6-11(10)13/h5-6,12,15H,2-4,7H2,1H3. The van der Waals surface area contributed by atoms with Crippen LogP contribution in [0.4, 0.5) is 4.39 Å². The van der Waals surface area contributed by atoms with Gasteiger partial charge in [-0.15, -0.1) is 0 Å². The molecule has 0 radical (unpaired) electrons. The number of thioether (sulfide) groups is 1. The van der Waals surface area contributed by atoms with E-state index < -0.39 is 0 Å². The summed E-state index contributed by atoms with van der Waals surface area (Å²) in [5.74, 6) is 1.74. The van der Waals surface area contributed by atoms with Gasteiger partial charge in [0.1, 0.15) is 5.82 Å². The minimum absolute atomic E-state index is 0.237. The average molecular weight is 260 g/mol. The van der Waals surface area contributed by atoms with E-state index in [1.54, 1.807) is 6.07 Å². The fourth-order valence-corrected chi connectivity index (χ4v) is 3.51. The summed E-state index contributed by atoms with van der Waals surface area (Å²) < 4.78 is 13.4. The first kappa shape index (κ1) is 12.2. The molecule has 0 bridgehead atoms. The summed E-state index contributed by atoms with van der Waals surface area (Å²) in [7, 11) is 0. The van der Waals surface area contributed by atoms with E-state index in [-0.39, 0.29) is 11.9 Å². The summed E-state index contributed by atoms with van der Waals surface area (Å²) in [6.07, 6.45) is 1.03. The molecular formula is C12H15ClFNS. The average Bonchev–Trinajstić information content (AvgIpc) is 2.42. The van der Waals surface area contributed by atoms with Gasteiger partial charge in [-0.3, -0.25) is 0 Å². The van der Waals surface area contributed by atoms with Gasteiger partial charge in [0.15, 0.2) is 0 Å². The highest BCUT2D eigenvalue weighted by atomic mass is 35.5. The van der Waals surface area contributed by atoms with E-state index in [9.17, 15) is 4.39 Å². The van der Waals surface area contributed by atoms with Crippen molar-refractivity contribution in [3.63, 3.8) is 0 Å². The molecule has 1 aliphatic heterocycles. The maximum absolute atomic E-state index is 13.4. The Kier molecular flexibility index (Phi) is 4.11. The summed E-state index contributed by atoms with van der Waals surface area (Å²) in [5.41, 5.74) is 2.13. The molecule has 4 heteroatoms. The van der Waals surface area contributed by atoms with Gasteiger partial charge >= 0.3 is 0 Å². The molecule has 0 aliphatic carbocycles. The van der Waals surface area contributed by atoms with Gasteiger partial charge in [0.05, 0.1) is 0 Å². The first-order valence-corrected chi connectivity index (χ1v) is 7.04. The van der Waals surface area contributed by atoms with Gasteiger partial charge in [0.25, 0.3) is 0 Å². The third-order valence-electron chi connectivity index (χ3n) is 2.82. The SMILES string of the molecule is CCNC1CCSCc2c(Cl)cc(F)cc21. The Bertz CT molecular complexity index is 384. The second-order valence-corrected chi connectivity index (χ2v) is 5.42. The van der Waals surface area contributed by atoms with Crippen LogP contribution in [-0.2, 0) is 5.75 Å². The molecule has 16 heavy (non-hydrogen) atoms. The second kappa shape index (κ2) is 5.39. The van der Waals surface area contributed by atoms with Gasteiger partial charge in [-0.1, -0.05) is 18.5 Å². The van der Waals surface area contributed by atoms with Gasteiger partial charge in [0.2, 0.25) is 0 Å². The molecule has 0 aromatic heterocycles. The third kappa shape index (κ3) is 2.53. The normalized spacial score (nSPS) is 20.3. The largest absolute Gasteiger partial charge is 0.310 e. The Labute approximate surface area is 105 Å². The molecule has 1 aromatic rings. The first-order chi connectivity index (χ1) is 7.72. The molecule has 1 atom stereocenters. The minimum atomic E-state index is -0.237. The van der Waals surface area contributed by atoms with Crippen LogP contribution in [0.3, 0.4) is 0 Å². The van der Waals surface area contributed by atoms with Crippen molar-refractivity contribution in [1.29, 1.82) is 0 Å². The lowest BCUT2D eigenvalue weighted by atomic mass is 9.99. The lowest BCUT2D eigenvalue weighted by molar-refractivity contribution is 0.534. The van der Waals surface area contributed by atoms with Gasteiger partial charge in [-0.05, 0) is 42.0 Å².